The van der Waals surface area contributed by atoms with Crippen LogP contribution in [0.25, 0.3) is 0 Å². The van der Waals surface area contributed by atoms with E-state index in [1.54, 1.807) is 18.2 Å². The van der Waals surface area contributed by atoms with Gasteiger partial charge in [0.05, 0.1) is 17.7 Å². The Balaban J connectivity index is 1.23. The van der Waals surface area contributed by atoms with Crippen molar-refractivity contribution in [2.75, 3.05) is 24.6 Å². The summed E-state index contributed by atoms with van der Waals surface area (Å²) in [5.41, 5.74) is 0.945. The van der Waals surface area contributed by atoms with Crippen LogP contribution in [0.15, 0.2) is 36.4 Å². The Morgan fingerprint density at radius 2 is 1.78 bits per heavy atom. The number of nitrogens with one attached hydrogen (secondary N) is 1. The van der Waals surface area contributed by atoms with Crippen molar-refractivity contribution >= 4 is 11.7 Å². The molecule has 2 fully saturated rings. The Labute approximate surface area is 188 Å². The molecule has 2 aromatic rings. The highest BCUT2D eigenvalue weighted by atomic mass is 16.5. The third kappa shape index (κ3) is 5.54. The Morgan fingerprint density at radius 1 is 1.06 bits per heavy atom. The minimum Gasteiger partial charge on any atom is -0.490 e. The quantitative estimate of drug-likeness (QED) is 0.717. The molecule has 2 heterocycles. The van der Waals surface area contributed by atoms with Crippen LogP contribution in [-0.4, -0.2) is 53.1 Å². The van der Waals surface area contributed by atoms with Crippen LogP contribution in [0.4, 0.5) is 5.82 Å². The Morgan fingerprint density at radius 3 is 2.38 bits per heavy atom. The van der Waals surface area contributed by atoms with E-state index < -0.39 is 0 Å². The average Bonchev–Trinajstić information content (AvgIpc) is 2.86. The van der Waals surface area contributed by atoms with Crippen molar-refractivity contribution in [2.24, 2.45) is 5.92 Å². The molecule has 4 rings (SSSR count). The van der Waals surface area contributed by atoms with Crippen molar-refractivity contribution < 1.29 is 14.6 Å². The van der Waals surface area contributed by atoms with Gasteiger partial charge in [-0.05, 0) is 80.8 Å². The number of aliphatic hydroxyl groups excluding tert-OH is 1. The molecule has 32 heavy (non-hydrogen) atoms. The summed E-state index contributed by atoms with van der Waals surface area (Å²) in [4.78, 5) is 14.8. The van der Waals surface area contributed by atoms with Gasteiger partial charge in [-0.1, -0.05) is 0 Å². The highest BCUT2D eigenvalue weighted by molar-refractivity contribution is 5.92. The van der Waals surface area contributed by atoms with E-state index in [0.29, 0.717) is 17.2 Å². The fourth-order valence-electron chi connectivity index (χ4n) is 4.34. The largest absolute Gasteiger partial charge is 0.490 e. The summed E-state index contributed by atoms with van der Waals surface area (Å²) in [6.45, 7) is 1.93. The molecular formula is C24H29N5O3. The van der Waals surface area contributed by atoms with E-state index in [-0.39, 0.29) is 24.7 Å². The summed E-state index contributed by atoms with van der Waals surface area (Å²) < 4.78 is 6.01. The zero-order valence-corrected chi connectivity index (χ0v) is 18.1. The molecule has 2 aliphatic rings. The van der Waals surface area contributed by atoms with Crippen LogP contribution in [0.2, 0.25) is 0 Å². The van der Waals surface area contributed by atoms with Gasteiger partial charge in [0.2, 0.25) is 0 Å². The molecule has 1 aromatic heterocycles. The maximum Gasteiger partial charge on any atom is 0.272 e. The van der Waals surface area contributed by atoms with Crippen molar-refractivity contribution in [3.8, 4) is 11.8 Å². The van der Waals surface area contributed by atoms with Gasteiger partial charge in [-0.2, -0.15) is 5.26 Å². The van der Waals surface area contributed by atoms with E-state index in [4.69, 9.17) is 10.00 Å². The summed E-state index contributed by atoms with van der Waals surface area (Å²) in [6.07, 6.45) is 5.41. The van der Waals surface area contributed by atoms with E-state index in [1.165, 1.54) is 0 Å². The second kappa shape index (κ2) is 10.4. The van der Waals surface area contributed by atoms with Gasteiger partial charge in [0, 0.05) is 25.7 Å². The van der Waals surface area contributed by atoms with E-state index >= 15 is 0 Å². The highest BCUT2D eigenvalue weighted by Gasteiger charge is 2.25. The number of amides is 1. The van der Waals surface area contributed by atoms with E-state index in [1.807, 2.05) is 18.2 Å². The smallest absolute Gasteiger partial charge is 0.272 e. The monoisotopic (exact) mass is 435 g/mol. The molecule has 2 N–H and O–H groups in total. The zero-order chi connectivity index (χ0) is 22.3. The van der Waals surface area contributed by atoms with E-state index in [2.05, 4.69) is 26.5 Å². The molecule has 1 saturated carbocycles. The van der Waals surface area contributed by atoms with E-state index in [0.717, 1.165) is 63.2 Å². The first-order valence-electron chi connectivity index (χ1n) is 11.3. The molecule has 1 amide bonds. The molecule has 0 spiro atoms. The Hall–Kier alpha value is -3.18. The number of piperidine rings is 1. The van der Waals surface area contributed by atoms with Crippen LogP contribution in [-0.2, 0) is 0 Å². The first kappa shape index (κ1) is 22.0. The molecular weight excluding hydrogens is 406 g/mol. The summed E-state index contributed by atoms with van der Waals surface area (Å²) in [6, 6.07) is 12.9. The predicted octanol–water partition coefficient (Wildman–Crippen LogP) is 2.68. The van der Waals surface area contributed by atoms with Crippen LogP contribution < -0.4 is 15.0 Å². The number of ether oxygens (including phenoxy) is 1. The predicted molar refractivity (Wildman–Crippen MR) is 119 cm³/mol. The first-order chi connectivity index (χ1) is 15.6. The van der Waals surface area contributed by atoms with Crippen LogP contribution in [0, 0.1) is 17.2 Å². The topological polar surface area (TPSA) is 111 Å². The van der Waals surface area contributed by atoms with Gasteiger partial charge in [-0.25, -0.2) is 0 Å². The number of aliphatic hydroxyl groups is 1. The standard InChI is InChI=1S/C24H29N5O3/c25-15-17-1-5-20(6-2-17)32-21-7-3-19(4-8-21)26-24(31)22-9-10-23(28-27-22)29-13-11-18(16-30)12-14-29/h1-2,5-6,9-10,18-19,21,30H,3-4,7-8,11-14,16H2,(H,26,31)/t19-,21-. The minimum absolute atomic E-state index is 0.0994. The number of hydrogen-bond donors (Lipinski definition) is 2. The van der Waals surface area contributed by atoms with Gasteiger partial charge in [-0.15, -0.1) is 10.2 Å². The average molecular weight is 436 g/mol. The van der Waals surface area contributed by atoms with Gasteiger partial charge in [0.15, 0.2) is 11.5 Å². The lowest BCUT2D eigenvalue weighted by Gasteiger charge is -2.31. The summed E-state index contributed by atoms with van der Waals surface area (Å²) >= 11 is 0. The summed E-state index contributed by atoms with van der Waals surface area (Å²) in [5.74, 6) is 1.72. The SMILES string of the molecule is N#Cc1ccc(O[C@H]2CC[C@H](NC(=O)c3ccc(N4CCC(CO)CC4)nn3)CC2)cc1. The third-order valence-electron chi connectivity index (χ3n) is 6.38. The fraction of sp³-hybridized carbons (Fsp3) is 0.500. The molecule has 1 aromatic carbocycles. The van der Waals surface area contributed by atoms with Gasteiger partial charge < -0.3 is 20.1 Å². The second-order valence-corrected chi connectivity index (χ2v) is 8.59. The molecule has 1 aliphatic carbocycles. The number of nitrogens with zero attached hydrogens (tertiary/aromatic N) is 4. The number of carbonyl (C=O) groups excluding carboxylic acids is 1. The third-order valence-corrected chi connectivity index (χ3v) is 6.38. The minimum atomic E-state index is -0.195. The Bertz CT molecular complexity index is 926. The number of aromatic nitrogens is 2. The first-order valence-corrected chi connectivity index (χ1v) is 11.3. The number of benzene rings is 1. The molecule has 8 heteroatoms. The maximum absolute atomic E-state index is 12.6. The van der Waals surface area contributed by atoms with Gasteiger partial charge in [-0.3, -0.25) is 4.79 Å². The summed E-state index contributed by atoms with van der Waals surface area (Å²) in [7, 11) is 0. The van der Waals surface area contributed by atoms with Crippen LogP contribution in [0.1, 0.15) is 54.6 Å². The molecule has 0 radical (unpaired) electrons. The van der Waals surface area contributed by atoms with Gasteiger partial charge in [0.25, 0.3) is 5.91 Å². The maximum atomic E-state index is 12.6. The lowest BCUT2D eigenvalue weighted by molar-refractivity contribution is 0.0888. The number of nitriles is 1. The normalized spacial score (nSPS) is 21.6. The van der Waals surface area contributed by atoms with Crippen molar-refractivity contribution in [1.82, 2.24) is 15.5 Å². The number of hydrogen-bond acceptors (Lipinski definition) is 7. The molecule has 168 valence electrons. The molecule has 0 bridgehead atoms. The van der Waals surface area contributed by atoms with E-state index in [9.17, 15) is 9.90 Å². The molecule has 8 nitrogen and oxygen atoms in total. The van der Waals surface area contributed by atoms with Gasteiger partial charge >= 0.3 is 0 Å². The van der Waals surface area contributed by atoms with Crippen LogP contribution in [0.5, 0.6) is 5.75 Å². The highest BCUT2D eigenvalue weighted by Crippen LogP contribution is 2.25. The molecule has 1 aliphatic heterocycles. The lowest BCUT2D eigenvalue weighted by Crippen LogP contribution is -2.40. The van der Waals surface area contributed by atoms with Gasteiger partial charge in [0.1, 0.15) is 5.75 Å². The Kier molecular flexibility index (Phi) is 7.17. The van der Waals surface area contributed by atoms with Crippen molar-refractivity contribution in [3.63, 3.8) is 0 Å². The number of carbonyl (C=O) groups is 1. The van der Waals surface area contributed by atoms with Crippen LogP contribution in [0.3, 0.4) is 0 Å². The van der Waals surface area contributed by atoms with Crippen LogP contribution >= 0.6 is 0 Å². The van der Waals surface area contributed by atoms with Crippen molar-refractivity contribution in [2.45, 2.75) is 50.7 Å². The van der Waals surface area contributed by atoms with Crippen molar-refractivity contribution in [3.05, 3.63) is 47.7 Å². The number of rotatable bonds is 6. The summed E-state index contributed by atoms with van der Waals surface area (Å²) in [5, 5.41) is 29.6. The second-order valence-electron chi connectivity index (χ2n) is 8.59. The zero-order valence-electron chi connectivity index (χ0n) is 18.1. The van der Waals surface area contributed by atoms with Crippen molar-refractivity contribution in [1.29, 1.82) is 5.26 Å². The lowest BCUT2D eigenvalue weighted by atomic mass is 9.93. The molecule has 0 atom stereocenters. The molecule has 1 saturated heterocycles. The molecule has 0 unspecified atom stereocenters. The number of anilines is 1. The fourth-order valence-corrected chi connectivity index (χ4v) is 4.34.